The molecule has 86 valence electrons. The molecule has 2 rings (SSSR count). The number of halogens is 1. The summed E-state index contributed by atoms with van der Waals surface area (Å²) in [6, 6.07) is 21.4. The van der Waals surface area contributed by atoms with Gasteiger partial charge in [0.1, 0.15) is 8.80 Å². The molecule has 0 aliphatic rings. The number of allylic oxidation sites excluding steroid dienone is 1. The largest absolute Gasteiger partial charge is 0.125 e. The molecule has 2 aromatic carbocycles. The Kier molecular flexibility index (Phi) is 4.60. The summed E-state index contributed by atoms with van der Waals surface area (Å²) in [7, 11) is -1.23. The first-order chi connectivity index (χ1) is 8.42. The van der Waals surface area contributed by atoms with E-state index < -0.39 is 8.80 Å². The highest BCUT2D eigenvalue weighted by Crippen LogP contribution is 1.95. The standard InChI is InChI=1S/C15H15ClSi/c16-12-7-13-17(14-8-3-1-4-9-14)15-10-5-2-6-11-15/h1-11,13,17H,12H2. The van der Waals surface area contributed by atoms with Crippen molar-refractivity contribution in [2.45, 2.75) is 0 Å². The zero-order valence-corrected chi connectivity index (χ0v) is 11.5. The van der Waals surface area contributed by atoms with Crippen LogP contribution in [0.25, 0.3) is 0 Å². The Balaban J connectivity index is 2.36. The van der Waals surface area contributed by atoms with Gasteiger partial charge in [0, 0.05) is 5.88 Å². The maximum atomic E-state index is 5.76. The van der Waals surface area contributed by atoms with Gasteiger partial charge in [-0.1, -0.05) is 82.8 Å². The summed E-state index contributed by atoms with van der Waals surface area (Å²) < 4.78 is 0. The van der Waals surface area contributed by atoms with Crippen LogP contribution in [0.15, 0.2) is 72.4 Å². The van der Waals surface area contributed by atoms with Crippen LogP contribution in [0.1, 0.15) is 0 Å². The van der Waals surface area contributed by atoms with Crippen LogP contribution in [0.5, 0.6) is 0 Å². The van der Waals surface area contributed by atoms with Gasteiger partial charge < -0.3 is 0 Å². The molecule has 0 aliphatic heterocycles. The van der Waals surface area contributed by atoms with Gasteiger partial charge in [-0.2, -0.15) is 0 Å². The maximum Gasteiger partial charge on any atom is 0.125 e. The average molecular weight is 259 g/mol. The van der Waals surface area contributed by atoms with Crippen LogP contribution < -0.4 is 10.4 Å². The second-order valence-electron chi connectivity index (χ2n) is 3.88. The van der Waals surface area contributed by atoms with Gasteiger partial charge in [-0.05, 0) is 0 Å². The van der Waals surface area contributed by atoms with Crippen molar-refractivity contribution >= 4 is 30.8 Å². The highest BCUT2D eigenvalue weighted by atomic mass is 35.5. The van der Waals surface area contributed by atoms with Crippen molar-refractivity contribution in [2.24, 2.45) is 0 Å². The van der Waals surface area contributed by atoms with Crippen LogP contribution in [0, 0.1) is 0 Å². The van der Waals surface area contributed by atoms with Crippen molar-refractivity contribution < 1.29 is 0 Å². The van der Waals surface area contributed by atoms with Crippen LogP contribution in [-0.4, -0.2) is 14.7 Å². The van der Waals surface area contributed by atoms with Crippen LogP contribution in [-0.2, 0) is 0 Å². The fourth-order valence-corrected chi connectivity index (χ4v) is 4.71. The van der Waals surface area contributed by atoms with Gasteiger partial charge in [0.25, 0.3) is 0 Å². The molecule has 2 heteroatoms. The molecule has 0 N–H and O–H groups in total. The minimum absolute atomic E-state index is 0.586. The number of rotatable bonds is 4. The maximum absolute atomic E-state index is 5.76. The molecule has 0 aromatic heterocycles. The van der Waals surface area contributed by atoms with E-state index >= 15 is 0 Å². The Labute approximate surface area is 109 Å². The minimum atomic E-state index is -1.23. The molecule has 0 amide bonds. The van der Waals surface area contributed by atoms with E-state index in [0.717, 1.165) is 0 Å². The van der Waals surface area contributed by atoms with E-state index in [1.807, 2.05) is 0 Å². The Morgan fingerprint density at radius 1 is 0.824 bits per heavy atom. The molecule has 0 unspecified atom stereocenters. The predicted octanol–water partition coefficient (Wildman–Crippen LogP) is 2.36. The summed E-state index contributed by atoms with van der Waals surface area (Å²) >= 11 is 5.76. The van der Waals surface area contributed by atoms with Crippen LogP contribution in [0.4, 0.5) is 0 Å². The number of benzene rings is 2. The van der Waals surface area contributed by atoms with E-state index in [1.165, 1.54) is 10.4 Å². The van der Waals surface area contributed by atoms with Crippen molar-refractivity contribution in [2.75, 3.05) is 5.88 Å². The third-order valence-corrected chi connectivity index (χ3v) is 5.78. The third kappa shape index (κ3) is 3.32. The second-order valence-corrected chi connectivity index (χ2v) is 6.86. The normalized spacial score (nSPS) is 11.2. The van der Waals surface area contributed by atoms with Gasteiger partial charge in [0.05, 0.1) is 0 Å². The average Bonchev–Trinajstić information content (AvgIpc) is 2.42. The molecule has 0 spiro atoms. The minimum Gasteiger partial charge on any atom is -0.122 e. The summed E-state index contributed by atoms with van der Waals surface area (Å²) in [4.78, 5) is 0. The fraction of sp³-hybridized carbons (Fsp3) is 0.0667. The van der Waals surface area contributed by atoms with E-state index in [2.05, 4.69) is 72.4 Å². The number of alkyl halides is 1. The van der Waals surface area contributed by atoms with Crippen LogP contribution >= 0.6 is 11.6 Å². The molecule has 2 aromatic rings. The first-order valence-electron chi connectivity index (χ1n) is 5.74. The summed E-state index contributed by atoms with van der Waals surface area (Å²) in [6.45, 7) is 0. The highest BCUT2D eigenvalue weighted by molar-refractivity contribution is 6.89. The first-order valence-corrected chi connectivity index (χ1v) is 8.10. The van der Waals surface area contributed by atoms with E-state index in [-0.39, 0.29) is 0 Å². The lowest BCUT2D eigenvalue weighted by Gasteiger charge is -2.11. The van der Waals surface area contributed by atoms with E-state index in [0.29, 0.717) is 5.88 Å². The molecule has 17 heavy (non-hydrogen) atoms. The predicted molar refractivity (Wildman–Crippen MR) is 79.2 cm³/mol. The van der Waals surface area contributed by atoms with Gasteiger partial charge in [-0.15, -0.1) is 11.6 Å². The molecule has 0 saturated carbocycles. The van der Waals surface area contributed by atoms with Gasteiger partial charge in [-0.3, -0.25) is 0 Å². The summed E-state index contributed by atoms with van der Waals surface area (Å²) in [5.74, 6) is 0.586. The molecule has 0 fully saturated rings. The van der Waals surface area contributed by atoms with E-state index in [9.17, 15) is 0 Å². The molecule has 0 saturated heterocycles. The smallest absolute Gasteiger partial charge is 0.122 e. The molecule has 0 atom stereocenters. The Hall–Kier alpha value is -1.31. The topological polar surface area (TPSA) is 0 Å². The zero-order valence-electron chi connectivity index (χ0n) is 9.59. The molecule has 0 bridgehead atoms. The Bertz CT molecular complexity index is 425. The molecular formula is C15H15ClSi. The number of hydrogen-bond donors (Lipinski definition) is 0. The quantitative estimate of drug-likeness (QED) is 0.584. The Morgan fingerprint density at radius 2 is 1.29 bits per heavy atom. The summed E-state index contributed by atoms with van der Waals surface area (Å²) in [5, 5.41) is 2.86. The van der Waals surface area contributed by atoms with Crippen LogP contribution in [0.3, 0.4) is 0 Å². The van der Waals surface area contributed by atoms with Crippen molar-refractivity contribution in [3.8, 4) is 0 Å². The highest BCUT2D eigenvalue weighted by Gasteiger charge is 2.11. The van der Waals surface area contributed by atoms with Crippen LogP contribution in [0.2, 0.25) is 0 Å². The lowest BCUT2D eigenvalue weighted by Crippen LogP contribution is -2.40. The SMILES string of the molecule is ClCC=C[SiH](c1ccccc1)c1ccccc1. The summed E-state index contributed by atoms with van der Waals surface area (Å²) in [5.41, 5.74) is 2.30. The van der Waals surface area contributed by atoms with Crippen molar-refractivity contribution in [3.63, 3.8) is 0 Å². The Morgan fingerprint density at radius 3 is 1.71 bits per heavy atom. The van der Waals surface area contributed by atoms with Crippen molar-refractivity contribution in [3.05, 3.63) is 72.4 Å². The lowest BCUT2D eigenvalue weighted by atomic mass is 10.4. The molecule has 0 nitrogen and oxygen atoms in total. The monoisotopic (exact) mass is 258 g/mol. The fourth-order valence-electron chi connectivity index (χ4n) is 1.92. The number of hydrogen-bond acceptors (Lipinski definition) is 0. The van der Waals surface area contributed by atoms with E-state index in [4.69, 9.17) is 11.6 Å². The summed E-state index contributed by atoms with van der Waals surface area (Å²) in [6.07, 6.45) is 2.07. The molecule has 0 heterocycles. The van der Waals surface area contributed by atoms with Crippen molar-refractivity contribution in [1.82, 2.24) is 0 Å². The zero-order chi connectivity index (χ0) is 11.9. The molecule has 0 radical (unpaired) electrons. The lowest BCUT2D eigenvalue weighted by molar-refractivity contribution is 1.72. The van der Waals surface area contributed by atoms with E-state index in [1.54, 1.807) is 0 Å². The van der Waals surface area contributed by atoms with Crippen molar-refractivity contribution in [1.29, 1.82) is 0 Å². The molecular weight excluding hydrogens is 244 g/mol. The third-order valence-electron chi connectivity index (χ3n) is 2.73. The molecule has 0 aliphatic carbocycles. The van der Waals surface area contributed by atoms with Gasteiger partial charge in [-0.25, -0.2) is 0 Å². The van der Waals surface area contributed by atoms with Gasteiger partial charge in [0.2, 0.25) is 0 Å². The van der Waals surface area contributed by atoms with Gasteiger partial charge >= 0.3 is 0 Å². The second kappa shape index (κ2) is 6.43. The van der Waals surface area contributed by atoms with Gasteiger partial charge in [0.15, 0.2) is 0 Å². The first kappa shape index (κ1) is 12.2.